The van der Waals surface area contributed by atoms with Crippen LogP contribution < -0.4 is 14.2 Å². The summed E-state index contributed by atoms with van der Waals surface area (Å²) < 4.78 is 22.3. The molecule has 3 heterocycles. The summed E-state index contributed by atoms with van der Waals surface area (Å²) in [4.78, 5) is 29.5. The van der Waals surface area contributed by atoms with Gasteiger partial charge in [0, 0.05) is 23.3 Å². The number of benzene rings is 2. The van der Waals surface area contributed by atoms with Gasteiger partial charge in [-0.1, -0.05) is 18.2 Å². The van der Waals surface area contributed by atoms with Crippen LogP contribution in [0.3, 0.4) is 0 Å². The Labute approximate surface area is 182 Å². The molecule has 7 heteroatoms. The fourth-order valence-electron chi connectivity index (χ4n) is 3.54. The number of ether oxygens (including phenoxy) is 3. The lowest BCUT2D eigenvalue weighted by Crippen LogP contribution is -2.08. The van der Waals surface area contributed by atoms with E-state index in [1.165, 1.54) is 7.11 Å². The zero-order valence-electron chi connectivity index (χ0n) is 17.2. The van der Waals surface area contributed by atoms with Crippen molar-refractivity contribution in [2.24, 2.45) is 0 Å². The molecular weight excluding hydrogens is 410 g/mol. The number of allylic oxidation sites excluding steroid dienone is 1. The van der Waals surface area contributed by atoms with Gasteiger partial charge < -0.3 is 18.6 Å². The lowest BCUT2D eigenvalue weighted by atomic mass is 10.1. The summed E-state index contributed by atoms with van der Waals surface area (Å²) in [6, 6.07) is 13.7. The lowest BCUT2D eigenvalue weighted by Gasteiger charge is -2.09. The molecule has 2 aromatic heterocycles. The van der Waals surface area contributed by atoms with Gasteiger partial charge in [-0.05, 0) is 48.9 Å². The van der Waals surface area contributed by atoms with Crippen molar-refractivity contribution in [1.29, 1.82) is 0 Å². The molecule has 0 N–H and O–H groups in total. The maximum Gasteiger partial charge on any atom is 0.379 e. The van der Waals surface area contributed by atoms with Gasteiger partial charge in [0.25, 0.3) is 0 Å². The smallest absolute Gasteiger partial charge is 0.379 e. The Morgan fingerprint density at radius 2 is 1.97 bits per heavy atom. The quantitative estimate of drug-likeness (QED) is 0.258. The van der Waals surface area contributed by atoms with Crippen LogP contribution in [-0.2, 0) is 0 Å². The topological polar surface area (TPSA) is 87.9 Å². The number of pyridine rings is 1. The molecule has 0 spiro atoms. The summed E-state index contributed by atoms with van der Waals surface area (Å²) in [5.74, 6) is 0.479. The molecule has 0 unspecified atom stereocenters. The third kappa shape index (κ3) is 3.30. The Hall–Kier alpha value is -4.39. The van der Waals surface area contributed by atoms with Crippen molar-refractivity contribution in [2.75, 3.05) is 7.11 Å². The number of aromatic nitrogens is 1. The number of ketones is 1. The highest BCUT2D eigenvalue weighted by atomic mass is 16.6. The average Bonchev–Trinajstić information content (AvgIpc) is 3.38. The van der Waals surface area contributed by atoms with Crippen LogP contribution in [0.1, 0.15) is 32.0 Å². The van der Waals surface area contributed by atoms with E-state index in [0.717, 1.165) is 10.9 Å². The van der Waals surface area contributed by atoms with E-state index >= 15 is 0 Å². The summed E-state index contributed by atoms with van der Waals surface area (Å²) in [6.45, 7) is 1.73. The first kappa shape index (κ1) is 19.6. The minimum absolute atomic E-state index is 0.0403. The molecule has 1 aliphatic heterocycles. The highest BCUT2D eigenvalue weighted by molar-refractivity contribution is 6.15. The normalized spacial score (nSPS) is 13.8. The molecule has 0 fully saturated rings. The molecule has 0 amide bonds. The van der Waals surface area contributed by atoms with Crippen LogP contribution in [0.2, 0.25) is 0 Å². The van der Waals surface area contributed by atoms with Crippen LogP contribution in [0.4, 0.5) is 0 Å². The lowest BCUT2D eigenvalue weighted by molar-refractivity contribution is 0.0702. The third-order valence-electron chi connectivity index (χ3n) is 5.15. The molecule has 2 aromatic carbocycles. The van der Waals surface area contributed by atoms with Gasteiger partial charge in [-0.2, -0.15) is 0 Å². The number of carbonyl (C=O) groups is 2. The fraction of sp³-hybridized carbons (Fsp3) is 0.0800. The molecule has 32 heavy (non-hydrogen) atoms. The molecule has 5 rings (SSSR count). The molecule has 0 aliphatic carbocycles. The second-order valence-corrected chi connectivity index (χ2v) is 7.17. The number of nitrogens with zero attached hydrogens (tertiary/aromatic N) is 1. The number of hydrogen-bond acceptors (Lipinski definition) is 7. The van der Waals surface area contributed by atoms with Crippen molar-refractivity contribution in [2.45, 2.75) is 6.92 Å². The van der Waals surface area contributed by atoms with Gasteiger partial charge in [0.05, 0.1) is 12.7 Å². The highest BCUT2D eigenvalue weighted by Crippen LogP contribution is 2.39. The van der Waals surface area contributed by atoms with E-state index in [2.05, 4.69) is 4.98 Å². The van der Waals surface area contributed by atoms with Crippen molar-refractivity contribution in [3.05, 3.63) is 89.1 Å². The van der Waals surface area contributed by atoms with E-state index < -0.39 is 5.97 Å². The van der Waals surface area contributed by atoms with Crippen molar-refractivity contribution in [3.63, 3.8) is 0 Å². The van der Waals surface area contributed by atoms with Crippen LogP contribution in [-0.4, -0.2) is 23.8 Å². The molecule has 158 valence electrons. The number of fused-ring (bicyclic) bond motifs is 2. The molecule has 0 bridgehead atoms. The van der Waals surface area contributed by atoms with Crippen molar-refractivity contribution in [1.82, 2.24) is 4.98 Å². The summed E-state index contributed by atoms with van der Waals surface area (Å²) in [5.41, 5.74) is 2.15. The van der Waals surface area contributed by atoms with Crippen LogP contribution in [0.25, 0.3) is 17.0 Å². The second-order valence-electron chi connectivity index (χ2n) is 7.17. The van der Waals surface area contributed by atoms with Crippen molar-refractivity contribution < 1.29 is 28.2 Å². The Bertz CT molecular complexity index is 1400. The minimum atomic E-state index is -0.665. The zero-order valence-corrected chi connectivity index (χ0v) is 17.2. The number of esters is 1. The summed E-state index contributed by atoms with van der Waals surface area (Å²) in [5, 5.41) is 0.723. The Morgan fingerprint density at radius 3 is 2.75 bits per heavy atom. The van der Waals surface area contributed by atoms with E-state index in [9.17, 15) is 9.59 Å². The van der Waals surface area contributed by atoms with Gasteiger partial charge in [0.1, 0.15) is 11.5 Å². The average molecular weight is 427 g/mol. The first-order valence-electron chi connectivity index (χ1n) is 9.82. The fourth-order valence-corrected chi connectivity index (χ4v) is 3.54. The van der Waals surface area contributed by atoms with Gasteiger partial charge in [0.15, 0.2) is 17.1 Å². The summed E-state index contributed by atoms with van der Waals surface area (Å²) in [7, 11) is 1.53. The Kier molecular flexibility index (Phi) is 4.71. The molecule has 0 atom stereocenters. The second kappa shape index (κ2) is 7.70. The summed E-state index contributed by atoms with van der Waals surface area (Å²) >= 11 is 0. The number of Topliss-reactive ketones (excluding diaryl/α,β-unsaturated/α-hetero) is 1. The molecule has 0 radical (unpaired) electrons. The van der Waals surface area contributed by atoms with Crippen molar-refractivity contribution in [3.8, 4) is 17.2 Å². The van der Waals surface area contributed by atoms with Crippen molar-refractivity contribution >= 4 is 28.8 Å². The van der Waals surface area contributed by atoms with Gasteiger partial charge in [-0.25, -0.2) is 4.79 Å². The van der Waals surface area contributed by atoms with E-state index in [0.29, 0.717) is 28.2 Å². The maximum absolute atomic E-state index is 12.7. The predicted molar refractivity (Wildman–Crippen MR) is 116 cm³/mol. The highest BCUT2D eigenvalue weighted by Gasteiger charge is 2.31. The number of carbonyl (C=O) groups excluding carboxylic acids is 2. The minimum Gasteiger partial charge on any atom is -0.493 e. The van der Waals surface area contributed by atoms with Crippen LogP contribution >= 0.6 is 0 Å². The number of hydrogen-bond donors (Lipinski definition) is 0. The van der Waals surface area contributed by atoms with E-state index in [4.69, 9.17) is 18.6 Å². The monoisotopic (exact) mass is 427 g/mol. The number of methoxy groups -OCH3 is 1. The molecule has 4 aromatic rings. The molecule has 0 saturated carbocycles. The Balaban J connectivity index is 1.43. The standard InChI is InChI=1S/C25H17NO6/c1-14-18(32-25(28)21-12-16-6-3-7-19(29-2)24(16)31-21)9-8-17-22(27)20(30-23(14)17)11-15-5-4-10-26-13-15/h3-13H,1-2H3/b20-11-. The van der Waals surface area contributed by atoms with Crippen LogP contribution in [0.5, 0.6) is 17.2 Å². The third-order valence-corrected chi connectivity index (χ3v) is 5.15. The molecular formula is C25H17NO6. The Morgan fingerprint density at radius 1 is 1.09 bits per heavy atom. The number of rotatable bonds is 4. The first-order valence-corrected chi connectivity index (χ1v) is 9.82. The van der Waals surface area contributed by atoms with Gasteiger partial charge >= 0.3 is 5.97 Å². The first-order chi connectivity index (χ1) is 15.5. The summed E-state index contributed by atoms with van der Waals surface area (Å²) in [6.07, 6.45) is 4.91. The van der Waals surface area contributed by atoms with Crippen LogP contribution in [0.15, 0.2) is 71.1 Å². The molecule has 1 aliphatic rings. The maximum atomic E-state index is 12.7. The number of para-hydroxylation sites is 1. The van der Waals surface area contributed by atoms with Gasteiger partial charge in [0.2, 0.25) is 11.5 Å². The molecule has 7 nitrogen and oxygen atoms in total. The zero-order chi connectivity index (χ0) is 22.2. The largest absolute Gasteiger partial charge is 0.493 e. The number of furan rings is 1. The van der Waals surface area contributed by atoms with Gasteiger partial charge in [-0.15, -0.1) is 0 Å². The molecule has 0 saturated heterocycles. The van der Waals surface area contributed by atoms with E-state index in [1.54, 1.807) is 61.8 Å². The van der Waals surface area contributed by atoms with Gasteiger partial charge in [-0.3, -0.25) is 9.78 Å². The SMILES string of the molecule is COc1cccc2cc(C(=O)Oc3ccc4c(c3C)O/C(=C\c3cccnc3)C4=O)oc12. The van der Waals surface area contributed by atoms with E-state index in [-0.39, 0.29) is 23.1 Å². The van der Waals surface area contributed by atoms with Crippen LogP contribution in [0, 0.1) is 6.92 Å². The van der Waals surface area contributed by atoms with E-state index in [1.807, 2.05) is 12.1 Å². The predicted octanol–water partition coefficient (Wildman–Crippen LogP) is 4.98.